The minimum atomic E-state index is 0.475. The van der Waals surface area contributed by atoms with Crippen molar-refractivity contribution in [2.75, 3.05) is 26.2 Å². The molecule has 0 amide bonds. The summed E-state index contributed by atoms with van der Waals surface area (Å²) in [7, 11) is 0. The number of nitrogens with one attached hydrogen (secondary N) is 1. The molecule has 2 unspecified atom stereocenters. The van der Waals surface area contributed by atoms with Crippen molar-refractivity contribution in [3.05, 3.63) is 11.9 Å². The van der Waals surface area contributed by atoms with Gasteiger partial charge in [0.1, 0.15) is 0 Å². The second-order valence-electron chi connectivity index (χ2n) is 6.09. The molecule has 2 heterocycles. The van der Waals surface area contributed by atoms with E-state index in [0.29, 0.717) is 12.1 Å². The largest absolute Gasteiger partial charge is 0.375 e. The van der Waals surface area contributed by atoms with Crippen LogP contribution < -0.4 is 5.32 Å². The maximum Gasteiger partial charge on any atom is 0.0964 e. The van der Waals surface area contributed by atoms with E-state index in [9.17, 15) is 0 Å². The van der Waals surface area contributed by atoms with E-state index in [-0.39, 0.29) is 0 Å². The maximum absolute atomic E-state index is 5.86. The molecule has 6 nitrogen and oxygen atoms in total. The summed E-state index contributed by atoms with van der Waals surface area (Å²) in [6.07, 6.45) is 7.51. The number of fused-ring (bicyclic) bond motifs is 1. The molecular formula is C15H27N5O. The summed E-state index contributed by atoms with van der Waals surface area (Å²) in [5, 5.41) is 11.8. The highest BCUT2D eigenvalue weighted by Crippen LogP contribution is 2.29. The first-order valence-corrected chi connectivity index (χ1v) is 8.32. The van der Waals surface area contributed by atoms with Gasteiger partial charge in [-0.1, -0.05) is 12.1 Å². The lowest BCUT2D eigenvalue weighted by molar-refractivity contribution is -0.0566. The molecule has 118 valence electrons. The fraction of sp³-hybridized carbons (Fsp3) is 0.867. The van der Waals surface area contributed by atoms with Crippen LogP contribution in [0.15, 0.2) is 6.20 Å². The fourth-order valence-corrected chi connectivity index (χ4v) is 3.44. The topological polar surface area (TPSA) is 55.2 Å². The molecule has 1 saturated carbocycles. The average molecular weight is 293 g/mol. The van der Waals surface area contributed by atoms with Gasteiger partial charge in [-0.15, -0.1) is 5.10 Å². The van der Waals surface area contributed by atoms with Gasteiger partial charge >= 0.3 is 0 Å². The Morgan fingerprint density at radius 2 is 2.33 bits per heavy atom. The molecule has 2 atom stereocenters. The Labute approximate surface area is 126 Å². The van der Waals surface area contributed by atoms with Gasteiger partial charge in [-0.05, 0) is 32.2 Å². The summed E-state index contributed by atoms with van der Waals surface area (Å²) in [5.74, 6) is 0. The normalized spacial score (nSPS) is 26.1. The minimum absolute atomic E-state index is 0.475. The van der Waals surface area contributed by atoms with Crippen LogP contribution in [0.2, 0.25) is 0 Å². The van der Waals surface area contributed by atoms with E-state index in [1.54, 1.807) is 0 Å². The van der Waals surface area contributed by atoms with Crippen LogP contribution in [0.4, 0.5) is 0 Å². The summed E-state index contributed by atoms with van der Waals surface area (Å²) in [6, 6.07) is 0.632. The van der Waals surface area contributed by atoms with Crippen molar-refractivity contribution in [3.8, 4) is 0 Å². The monoisotopic (exact) mass is 293 g/mol. The molecule has 0 spiro atoms. The fourth-order valence-electron chi connectivity index (χ4n) is 3.44. The zero-order chi connectivity index (χ0) is 14.5. The standard InChI is InChI=1S/C15H27N5O/c1-2-6-16-11-13-12-20(18-17-13)8-7-19-9-10-21-15-5-3-4-14(15)19/h12,14-16H,2-11H2,1H3. The summed E-state index contributed by atoms with van der Waals surface area (Å²) in [6.45, 7) is 7.92. The van der Waals surface area contributed by atoms with E-state index in [2.05, 4.69) is 33.6 Å². The minimum Gasteiger partial charge on any atom is -0.375 e. The smallest absolute Gasteiger partial charge is 0.0964 e. The molecular weight excluding hydrogens is 266 g/mol. The van der Waals surface area contributed by atoms with Gasteiger partial charge in [0.05, 0.1) is 24.9 Å². The Bertz CT molecular complexity index is 435. The van der Waals surface area contributed by atoms with Crippen LogP contribution in [0, 0.1) is 0 Å². The first-order valence-electron chi connectivity index (χ1n) is 8.32. The highest BCUT2D eigenvalue weighted by Gasteiger charge is 2.35. The Hall–Kier alpha value is -0.980. The van der Waals surface area contributed by atoms with Gasteiger partial charge in [0.25, 0.3) is 0 Å². The Balaban J connectivity index is 1.46. The molecule has 0 aromatic carbocycles. The number of ether oxygens (including phenoxy) is 1. The van der Waals surface area contributed by atoms with Gasteiger partial charge in [0, 0.05) is 31.9 Å². The molecule has 1 N–H and O–H groups in total. The molecule has 1 saturated heterocycles. The van der Waals surface area contributed by atoms with Gasteiger partial charge in [0.15, 0.2) is 0 Å². The second kappa shape index (κ2) is 7.33. The second-order valence-corrected chi connectivity index (χ2v) is 6.09. The van der Waals surface area contributed by atoms with Crippen LogP contribution in [0.3, 0.4) is 0 Å². The lowest BCUT2D eigenvalue weighted by Crippen LogP contribution is -2.49. The lowest BCUT2D eigenvalue weighted by Gasteiger charge is -2.37. The van der Waals surface area contributed by atoms with Crippen molar-refractivity contribution in [2.45, 2.75) is 57.8 Å². The van der Waals surface area contributed by atoms with Crippen LogP contribution in [0.5, 0.6) is 0 Å². The zero-order valence-electron chi connectivity index (χ0n) is 13.0. The maximum atomic E-state index is 5.86. The third-order valence-electron chi connectivity index (χ3n) is 4.53. The summed E-state index contributed by atoms with van der Waals surface area (Å²) >= 11 is 0. The van der Waals surface area contributed by atoms with Gasteiger partial charge in [-0.25, -0.2) is 0 Å². The van der Waals surface area contributed by atoms with Crippen LogP contribution in [0.25, 0.3) is 0 Å². The Morgan fingerprint density at radius 1 is 1.38 bits per heavy atom. The summed E-state index contributed by atoms with van der Waals surface area (Å²) < 4.78 is 7.83. The molecule has 1 aliphatic carbocycles. The van der Waals surface area contributed by atoms with Crippen molar-refractivity contribution in [1.82, 2.24) is 25.2 Å². The first-order chi connectivity index (χ1) is 10.4. The van der Waals surface area contributed by atoms with Crippen molar-refractivity contribution in [2.24, 2.45) is 0 Å². The van der Waals surface area contributed by atoms with E-state index in [4.69, 9.17) is 4.74 Å². The van der Waals surface area contributed by atoms with E-state index >= 15 is 0 Å². The summed E-state index contributed by atoms with van der Waals surface area (Å²) in [5.41, 5.74) is 1.03. The third kappa shape index (κ3) is 3.81. The molecule has 2 fully saturated rings. The highest BCUT2D eigenvalue weighted by atomic mass is 16.5. The van der Waals surface area contributed by atoms with Gasteiger partial charge in [0.2, 0.25) is 0 Å². The quantitative estimate of drug-likeness (QED) is 0.761. The Morgan fingerprint density at radius 3 is 3.24 bits per heavy atom. The molecule has 0 radical (unpaired) electrons. The highest BCUT2D eigenvalue weighted by molar-refractivity contribution is 4.92. The average Bonchev–Trinajstić information content (AvgIpc) is 3.14. The first kappa shape index (κ1) is 14.9. The number of hydrogen-bond donors (Lipinski definition) is 1. The number of aromatic nitrogens is 3. The van der Waals surface area contributed by atoms with E-state index in [1.807, 2.05) is 4.68 Å². The van der Waals surface area contributed by atoms with Crippen molar-refractivity contribution < 1.29 is 4.74 Å². The van der Waals surface area contributed by atoms with E-state index in [1.165, 1.54) is 19.3 Å². The predicted molar refractivity (Wildman–Crippen MR) is 81.0 cm³/mol. The number of nitrogens with zero attached hydrogens (tertiary/aromatic N) is 4. The number of morpholine rings is 1. The Kier molecular flexibility index (Phi) is 5.22. The molecule has 21 heavy (non-hydrogen) atoms. The van der Waals surface area contributed by atoms with Crippen LogP contribution >= 0.6 is 0 Å². The predicted octanol–water partition coefficient (Wildman–Crippen LogP) is 1.03. The van der Waals surface area contributed by atoms with Crippen molar-refractivity contribution in [3.63, 3.8) is 0 Å². The lowest BCUT2D eigenvalue weighted by atomic mass is 10.1. The molecule has 3 rings (SSSR count). The summed E-state index contributed by atoms with van der Waals surface area (Å²) in [4.78, 5) is 2.58. The van der Waals surface area contributed by atoms with Crippen LogP contribution in [-0.4, -0.2) is 58.3 Å². The van der Waals surface area contributed by atoms with Gasteiger partial charge in [-0.2, -0.15) is 0 Å². The molecule has 1 aromatic rings. The molecule has 6 heteroatoms. The SMILES string of the molecule is CCCNCc1cn(CCN2CCOC3CCCC32)nn1. The third-order valence-corrected chi connectivity index (χ3v) is 4.53. The van der Waals surface area contributed by atoms with Crippen molar-refractivity contribution >= 4 is 0 Å². The molecule has 2 aliphatic rings. The molecule has 1 aromatic heterocycles. The van der Waals surface area contributed by atoms with E-state index < -0.39 is 0 Å². The number of hydrogen-bond acceptors (Lipinski definition) is 5. The number of rotatable bonds is 7. The van der Waals surface area contributed by atoms with Gasteiger partial charge in [-0.3, -0.25) is 9.58 Å². The van der Waals surface area contributed by atoms with Crippen molar-refractivity contribution in [1.29, 1.82) is 0 Å². The van der Waals surface area contributed by atoms with Crippen LogP contribution in [0.1, 0.15) is 38.3 Å². The van der Waals surface area contributed by atoms with Gasteiger partial charge < -0.3 is 10.1 Å². The van der Waals surface area contributed by atoms with E-state index in [0.717, 1.165) is 51.4 Å². The van der Waals surface area contributed by atoms with Crippen LogP contribution in [-0.2, 0) is 17.8 Å². The molecule has 0 bridgehead atoms. The molecule has 1 aliphatic heterocycles. The zero-order valence-corrected chi connectivity index (χ0v) is 13.0.